The van der Waals surface area contributed by atoms with Gasteiger partial charge in [-0.25, -0.2) is 0 Å². The van der Waals surface area contributed by atoms with E-state index >= 15 is 0 Å². The Hall–Kier alpha value is -1.36. The lowest BCUT2D eigenvalue weighted by Gasteiger charge is -2.05. The van der Waals surface area contributed by atoms with Crippen LogP contribution in [0.1, 0.15) is 5.56 Å². The van der Waals surface area contributed by atoms with Crippen molar-refractivity contribution in [2.24, 2.45) is 7.05 Å². The first-order valence-corrected chi connectivity index (χ1v) is 5.76. The molecular weight excluding hydrogens is 268 g/mol. The van der Waals surface area contributed by atoms with Crippen molar-refractivity contribution in [1.82, 2.24) is 14.8 Å². The van der Waals surface area contributed by atoms with Crippen LogP contribution in [-0.2, 0) is 7.05 Å². The van der Waals surface area contributed by atoms with Gasteiger partial charge < -0.3 is 5.32 Å². The molecule has 0 aliphatic rings. The SMILES string of the molecule is CNc1nnc(-c2cc(C)cc(Br)c2)n1C. The minimum Gasteiger partial charge on any atom is -0.357 e. The third-order valence-electron chi connectivity index (χ3n) is 2.40. The second-order valence-corrected chi connectivity index (χ2v) is 4.59. The number of hydrogen-bond donors (Lipinski definition) is 1. The molecule has 0 unspecified atom stereocenters. The number of halogens is 1. The van der Waals surface area contributed by atoms with Crippen LogP contribution in [-0.4, -0.2) is 21.8 Å². The van der Waals surface area contributed by atoms with E-state index in [1.54, 1.807) is 0 Å². The van der Waals surface area contributed by atoms with Crippen LogP contribution in [0.4, 0.5) is 5.95 Å². The van der Waals surface area contributed by atoms with Crippen molar-refractivity contribution >= 4 is 21.9 Å². The molecule has 0 spiro atoms. The van der Waals surface area contributed by atoms with E-state index in [-0.39, 0.29) is 0 Å². The standard InChI is InChI=1S/C11H13BrN4/c1-7-4-8(6-9(12)5-7)10-14-15-11(13-2)16(10)3/h4-6H,1-3H3,(H,13,15). The Morgan fingerprint density at radius 3 is 2.56 bits per heavy atom. The average Bonchev–Trinajstić information content (AvgIpc) is 2.58. The summed E-state index contributed by atoms with van der Waals surface area (Å²) >= 11 is 3.49. The number of nitrogens with zero attached hydrogens (tertiary/aromatic N) is 3. The van der Waals surface area contributed by atoms with E-state index < -0.39 is 0 Å². The van der Waals surface area contributed by atoms with Crippen LogP contribution in [0.2, 0.25) is 0 Å². The molecule has 4 nitrogen and oxygen atoms in total. The van der Waals surface area contributed by atoms with Crippen LogP contribution in [0.15, 0.2) is 22.7 Å². The lowest BCUT2D eigenvalue weighted by atomic mass is 10.1. The number of benzene rings is 1. The van der Waals surface area contributed by atoms with Gasteiger partial charge in [-0.15, -0.1) is 10.2 Å². The molecule has 16 heavy (non-hydrogen) atoms. The van der Waals surface area contributed by atoms with Crippen molar-refractivity contribution in [2.75, 3.05) is 12.4 Å². The van der Waals surface area contributed by atoms with Crippen LogP contribution in [0, 0.1) is 6.92 Å². The second kappa shape index (κ2) is 4.25. The molecule has 0 atom stereocenters. The largest absolute Gasteiger partial charge is 0.357 e. The maximum absolute atomic E-state index is 4.17. The maximum atomic E-state index is 4.17. The van der Waals surface area contributed by atoms with Crippen LogP contribution < -0.4 is 5.32 Å². The molecule has 0 amide bonds. The summed E-state index contributed by atoms with van der Waals surface area (Å²) in [6.07, 6.45) is 0. The van der Waals surface area contributed by atoms with E-state index in [0.29, 0.717) is 0 Å². The van der Waals surface area contributed by atoms with Gasteiger partial charge in [0.1, 0.15) is 0 Å². The van der Waals surface area contributed by atoms with Crippen LogP contribution in [0.3, 0.4) is 0 Å². The molecule has 5 heteroatoms. The van der Waals surface area contributed by atoms with Gasteiger partial charge in [-0.05, 0) is 30.7 Å². The van der Waals surface area contributed by atoms with E-state index in [1.807, 2.05) is 24.7 Å². The quantitative estimate of drug-likeness (QED) is 0.920. The first kappa shape index (κ1) is 11.1. The fourth-order valence-corrected chi connectivity index (χ4v) is 2.27. The Morgan fingerprint density at radius 2 is 2.00 bits per heavy atom. The summed E-state index contributed by atoms with van der Waals surface area (Å²) in [4.78, 5) is 0. The molecule has 1 heterocycles. The molecule has 0 fully saturated rings. The van der Waals surface area contributed by atoms with E-state index in [1.165, 1.54) is 5.56 Å². The van der Waals surface area contributed by atoms with Gasteiger partial charge in [0.15, 0.2) is 5.82 Å². The van der Waals surface area contributed by atoms with Crippen molar-refractivity contribution < 1.29 is 0 Å². The number of aryl methyl sites for hydroxylation is 1. The Bertz CT molecular complexity index is 498. The van der Waals surface area contributed by atoms with Gasteiger partial charge >= 0.3 is 0 Å². The Kier molecular flexibility index (Phi) is 2.96. The molecule has 0 saturated carbocycles. The Labute approximate surface area is 103 Å². The highest BCUT2D eigenvalue weighted by atomic mass is 79.9. The summed E-state index contributed by atoms with van der Waals surface area (Å²) in [5.41, 5.74) is 2.25. The summed E-state index contributed by atoms with van der Waals surface area (Å²) in [5, 5.41) is 11.2. The molecule has 1 aromatic carbocycles. The summed E-state index contributed by atoms with van der Waals surface area (Å²) in [6.45, 7) is 2.06. The predicted molar refractivity (Wildman–Crippen MR) is 68.4 cm³/mol. The van der Waals surface area contributed by atoms with E-state index in [2.05, 4.69) is 50.5 Å². The Balaban J connectivity index is 2.54. The van der Waals surface area contributed by atoms with E-state index in [4.69, 9.17) is 0 Å². The molecule has 1 aromatic heterocycles. The molecule has 0 saturated heterocycles. The molecule has 1 N–H and O–H groups in total. The fourth-order valence-electron chi connectivity index (χ4n) is 1.66. The number of nitrogens with one attached hydrogen (secondary N) is 1. The first-order chi connectivity index (χ1) is 7.61. The van der Waals surface area contributed by atoms with Crippen LogP contribution >= 0.6 is 15.9 Å². The van der Waals surface area contributed by atoms with Gasteiger partial charge in [-0.3, -0.25) is 4.57 Å². The number of anilines is 1. The minimum atomic E-state index is 0.757. The van der Waals surface area contributed by atoms with Crippen molar-refractivity contribution in [2.45, 2.75) is 6.92 Å². The number of rotatable bonds is 2. The molecule has 0 radical (unpaired) electrons. The zero-order valence-electron chi connectivity index (χ0n) is 9.45. The van der Waals surface area contributed by atoms with Gasteiger partial charge in [0.25, 0.3) is 0 Å². The van der Waals surface area contributed by atoms with Crippen LogP contribution in [0.25, 0.3) is 11.4 Å². The van der Waals surface area contributed by atoms with Crippen molar-refractivity contribution in [3.63, 3.8) is 0 Å². The van der Waals surface area contributed by atoms with Gasteiger partial charge in [-0.1, -0.05) is 15.9 Å². The molecule has 0 aliphatic heterocycles. The minimum absolute atomic E-state index is 0.757. The molecular formula is C11H13BrN4. The van der Waals surface area contributed by atoms with Gasteiger partial charge in [0.2, 0.25) is 5.95 Å². The molecule has 2 aromatic rings. The summed E-state index contributed by atoms with van der Waals surface area (Å²) in [7, 11) is 3.78. The number of hydrogen-bond acceptors (Lipinski definition) is 3. The highest BCUT2D eigenvalue weighted by Gasteiger charge is 2.10. The van der Waals surface area contributed by atoms with Gasteiger partial charge in [0, 0.05) is 24.1 Å². The topological polar surface area (TPSA) is 42.7 Å². The van der Waals surface area contributed by atoms with Crippen molar-refractivity contribution in [1.29, 1.82) is 0 Å². The van der Waals surface area contributed by atoms with E-state index in [0.717, 1.165) is 21.8 Å². The fraction of sp³-hybridized carbons (Fsp3) is 0.273. The van der Waals surface area contributed by atoms with Gasteiger partial charge in [-0.2, -0.15) is 0 Å². The third-order valence-corrected chi connectivity index (χ3v) is 2.86. The molecule has 0 bridgehead atoms. The zero-order chi connectivity index (χ0) is 11.7. The van der Waals surface area contributed by atoms with Crippen LogP contribution in [0.5, 0.6) is 0 Å². The van der Waals surface area contributed by atoms with Crippen molar-refractivity contribution in [3.8, 4) is 11.4 Å². The highest BCUT2D eigenvalue weighted by Crippen LogP contribution is 2.24. The number of aromatic nitrogens is 3. The zero-order valence-corrected chi connectivity index (χ0v) is 11.0. The third kappa shape index (κ3) is 1.95. The van der Waals surface area contributed by atoms with Crippen molar-refractivity contribution in [3.05, 3.63) is 28.2 Å². The predicted octanol–water partition coefficient (Wildman–Crippen LogP) is 2.59. The van der Waals surface area contributed by atoms with E-state index in [9.17, 15) is 0 Å². The molecule has 84 valence electrons. The van der Waals surface area contributed by atoms with Gasteiger partial charge in [0.05, 0.1) is 0 Å². The monoisotopic (exact) mass is 280 g/mol. The maximum Gasteiger partial charge on any atom is 0.224 e. The molecule has 2 rings (SSSR count). The first-order valence-electron chi connectivity index (χ1n) is 4.96. The second-order valence-electron chi connectivity index (χ2n) is 3.67. The highest BCUT2D eigenvalue weighted by molar-refractivity contribution is 9.10. The summed E-state index contributed by atoms with van der Waals surface area (Å²) < 4.78 is 2.98. The molecule has 0 aliphatic carbocycles. The lowest BCUT2D eigenvalue weighted by molar-refractivity contribution is 0.925. The Morgan fingerprint density at radius 1 is 1.25 bits per heavy atom. The average molecular weight is 281 g/mol. The lowest BCUT2D eigenvalue weighted by Crippen LogP contribution is -1.99. The normalized spacial score (nSPS) is 10.5. The summed E-state index contributed by atoms with van der Waals surface area (Å²) in [6, 6.07) is 6.20. The summed E-state index contributed by atoms with van der Waals surface area (Å²) in [5.74, 6) is 1.61. The smallest absolute Gasteiger partial charge is 0.224 e.